The quantitative estimate of drug-likeness (QED) is 0.732. The normalized spacial score (nSPS) is 13.3. The molecule has 0 aromatic heterocycles. The number of hydrogen-bond donors (Lipinski definition) is 2. The number of phenols is 1. The third kappa shape index (κ3) is 6.96. The Morgan fingerprint density at radius 1 is 1.00 bits per heavy atom. The molecule has 3 heteroatoms. The second-order valence-corrected chi connectivity index (χ2v) is 6.49. The van der Waals surface area contributed by atoms with Gasteiger partial charge in [-0.05, 0) is 65.2 Å². The first-order valence-electron chi connectivity index (χ1n) is 8.17. The number of phenolic OH excluding ortho intramolecular Hbond substituents is 1. The summed E-state index contributed by atoms with van der Waals surface area (Å²) < 4.78 is 0. The van der Waals surface area contributed by atoms with Gasteiger partial charge in [0.25, 0.3) is 0 Å². The van der Waals surface area contributed by atoms with Gasteiger partial charge in [0.1, 0.15) is 5.75 Å². The van der Waals surface area contributed by atoms with Gasteiger partial charge in [-0.2, -0.15) is 0 Å². The van der Waals surface area contributed by atoms with Crippen LogP contribution in [0, 0.1) is 0 Å². The molecule has 0 fully saturated rings. The van der Waals surface area contributed by atoms with Gasteiger partial charge in [-0.1, -0.05) is 12.1 Å². The van der Waals surface area contributed by atoms with Crippen molar-refractivity contribution in [1.29, 1.82) is 0 Å². The van der Waals surface area contributed by atoms with Gasteiger partial charge in [-0.15, -0.1) is 0 Å². The second-order valence-electron chi connectivity index (χ2n) is 6.49. The van der Waals surface area contributed by atoms with E-state index in [4.69, 9.17) is 0 Å². The lowest BCUT2D eigenvalue weighted by molar-refractivity contribution is 0.174. The number of hydrogen-bond acceptors (Lipinski definition) is 3. The number of nitrogens with zero attached hydrogens (tertiary/aromatic N) is 1. The average Bonchev–Trinajstić information content (AvgIpc) is 2.42. The first-order chi connectivity index (χ1) is 9.90. The van der Waals surface area contributed by atoms with Crippen LogP contribution in [-0.4, -0.2) is 41.2 Å². The molecular weight excluding hydrogens is 260 g/mol. The van der Waals surface area contributed by atoms with Crippen molar-refractivity contribution >= 4 is 0 Å². The molecule has 0 amide bonds. The van der Waals surface area contributed by atoms with Crippen LogP contribution in [0.15, 0.2) is 24.3 Å². The van der Waals surface area contributed by atoms with Crippen LogP contribution in [0.4, 0.5) is 0 Å². The lowest BCUT2D eigenvalue weighted by Gasteiger charge is -2.31. The van der Waals surface area contributed by atoms with Gasteiger partial charge in [0.2, 0.25) is 0 Å². The van der Waals surface area contributed by atoms with Crippen LogP contribution in [0.3, 0.4) is 0 Å². The minimum Gasteiger partial charge on any atom is -0.508 e. The Morgan fingerprint density at radius 2 is 1.57 bits per heavy atom. The molecule has 0 aliphatic heterocycles. The highest BCUT2D eigenvalue weighted by atomic mass is 16.3. The standard InChI is InChI=1S/C18H32N2O/c1-14(2)20(15(3)4)13-12-19-16(5)6-7-17-8-10-18(21)11-9-17/h8-11,14-16,19,21H,6-7,12-13H2,1-5H3. The van der Waals surface area contributed by atoms with Crippen LogP contribution >= 0.6 is 0 Å². The zero-order chi connectivity index (χ0) is 15.8. The van der Waals surface area contributed by atoms with Gasteiger partial charge >= 0.3 is 0 Å². The summed E-state index contributed by atoms with van der Waals surface area (Å²) in [6.45, 7) is 13.4. The summed E-state index contributed by atoms with van der Waals surface area (Å²) in [5, 5.41) is 12.9. The SMILES string of the molecule is CC(CCc1ccc(O)cc1)NCCN(C(C)C)C(C)C. The molecule has 1 rings (SSSR count). The maximum absolute atomic E-state index is 9.27. The van der Waals surface area contributed by atoms with Crippen LogP contribution in [0.2, 0.25) is 0 Å². The Kier molecular flexibility index (Phi) is 7.76. The van der Waals surface area contributed by atoms with Gasteiger partial charge in [0.15, 0.2) is 0 Å². The van der Waals surface area contributed by atoms with E-state index in [0.29, 0.717) is 23.9 Å². The highest BCUT2D eigenvalue weighted by Crippen LogP contribution is 2.12. The molecule has 1 aromatic rings. The average molecular weight is 292 g/mol. The molecule has 0 heterocycles. The van der Waals surface area contributed by atoms with Crippen LogP contribution in [0.1, 0.15) is 46.6 Å². The highest BCUT2D eigenvalue weighted by molar-refractivity contribution is 5.25. The predicted molar refractivity (Wildman–Crippen MR) is 90.9 cm³/mol. The molecule has 0 aliphatic carbocycles. The molecule has 1 unspecified atom stereocenters. The van der Waals surface area contributed by atoms with Crippen LogP contribution in [-0.2, 0) is 6.42 Å². The lowest BCUT2D eigenvalue weighted by Crippen LogP contribution is -2.43. The van der Waals surface area contributed by atoms with Crippen molar-refractivity contribution in [2.75, 3.05) is 13.1 Å². The van der Waals surface area contributed by atoms with Crippen molar-refractivity contribution in [2.24, 2.45) is 0 Å². The Balaban J connectivity index is 2.24. The van der Waals surface area contributed by atoms with E-state index in [9.17, 15) is 5.11 Å². The molecule has 120 valence electrons. The first kappa shape index (κ1) is 18.0. The monoisotopic (exact) mass is 292 g/mol. The van der Waals surface area contributed by atoms with E-state index in [1.54, 1.807) is 12.1 Å². The summed E-state index contributed by atoms with van der Waals surface area (Å²) in [6, 6.07) is 9.23. The molecule has 0 aliphatic rings. The van der Waals surface area contributed by atoms with E-state index in [1.807, 2.05) is 12.1 Å². The zero-order valence-corrected chi connectivity index (χ0v) is 14.3. The molecule has 21 heavy (non-hydrogen) atoms. The van der Waals surface area contributed by atoms with E-state index in [-0.39, 0.29) is 0 Å². The van der Waals surface area contributed by atoms with Crippen molar-refractivity contribution in [2.45, 2.75) is 65.6 Å². The maximum atomic E-state index is 9.27. The van der Waals surface area contributed by atoms with Gasteiger partial charge in [-0.25, -0.2) is 0 Å². The second kappa shape index (κ2) is 9.06. The number of aromatic hydroxyl groups is 1. The van der Waals surface area contributed by atoms with Gasteiger partial charge in [0, 0.05) is 31.2 Å². The van der Waals surface area contributed by atoms with E-state index < -0.39 is 0 Å². The fraction of sp³-hybridized carbons (Fsp3) is 0.667. The maximum Gasteiger partial charge on any atom is 0.115 e. The van der Waals surface area contributed by atoms with Crippen molar-refractivity contribution < 1.29 is 5.11 Å². The summed E-state index contributed by atoms with van der Waals surface area (Å²) in [5.74, 6) is 0.340. The Hall–Kier alpha value is -1.06. The predicted octanol–water partition coefficient (Wildman–Crippen LogP) is 3.42. The molecule has 1 atom stereocenters. The Labute approximate surface area is 130 Å². The first-order valence-corrected chi connectivity index (χ1v) is 8.17. The highest BCUT2D eigenvalue weighted by Gasteiger charge is 2.12. The Bertz CT molecular complexity index is 379. The smallest absolute Gasteiger partial charge is 0.115 e. The molecule has 0 radical (unpaired) electrons. The lowest BCUT2D eigenvalue weighted by atomic mass is 10.1. The molecule has 0 bridgehead atoms. The van der Waals surface area contributed by atoms with E-state index in [2.05, 4.69) is 44.8 Å². The number of nitrogens with one attached hydrogen (secondary N) is 1. The third-order valence-corrected chi connectivity index (χ3v) is 3.99. The largest absolute Gasteiger partial charge is 0.508 e. The van der Waals surface area contributed by atoms with Crippen LogP contribution in [0.25, 0.3) is 0 Å². The fourth-order valence-corrected chi connectivity index (χ4v) is 2.70. The summed E-state index contributed by atoms with van der Waals surface area (Å²) in [4.78, 5) is 2.51. The molecule has 0 spiro atoms. The van der Waals surface area contributed by atoms with E-state index >= 15 is 0 Å². The van der Waals surface area contributed by atoms with E-state index in [1.165, 1.54) is 5.56 Å². The summed E-state index contributed by atoms with van der Waals surface area (Å²) in [7, 11) is 0. The van der Waals surface area contributed by atoms with Crippen molar-refractivity contribution in [3.63, 3.8) is 0 Å². The number of aryl methyl sites for hydroxylation is 1. The van der Waals surface area contributed by atoms with Gasteiger partial charge in [0.05, 0.1) is 0 Å². The van der Waals surface area contributed by atoms with Crippen molar-refractivity contribution in [3.05, 3.63) is 29.8 Å². The molecule has 3 nitrogen and oxygen atoms in total. The van der Waals surface area contributed by atoms with Crippen molar-refractivity contribution in [1.82, 2.24) is 10.2 Å². The molecule has 2 N–H and O–H groups in total. The molecule has 1 aromatic carbocycles. The van der Waals surface area contributed by atoms with E-state index in [0.717, 1.165) is 25.9 Å². The summed E-state index contributed by atoms with van der Waals surface area (Å²) >= 11 is 0. The minimum atomic E-state index is 0.340. The van der Waals surface area contributed by atoms with Crippen LogP contribution in [0.5, 0.6) is 5.75 Å². The minimum absolute atomic E-state index is 0.340. The fourth-order valence-electron chi connectivity index (χ4n) is 2.70. The number of benzene rings is 1. The van der Waals surface area contributed by atoms with Gasteiger partial charge in [-0.3, -0.25) is 4.90 Å². The Morgan fingerprint density at radius 3 is 2.10 bits per heavy atom. The molecule has 0 saturated heterocycles. The summed E-state index contributed by atoms with van der Waals surface area (Å²) in [6.07, 6.45) is 2.17. The summed E-state index contributed by atoms with van der Waals surface area (Å²) in [5.41, 5.74) is 1.28. The van der Waals surface area contributed by atoms with Gasteiger partial charge < -0.3 is 10.4 Å². The molecular formula is C18H32N2O. The van der Waals surface area contributed by atoms with Crippen LogP contribution < -0.4 is 5.32 Å². The zero-order valence-electron chi connectivity index (χ0n) is 14.3. The third-order valence-electron chi connectivity index (χ3n) is 3.99. The topological polar surface area (TPSA) is 35.5 Å². The molecule has 0 saturated carbocycles. The van der Waals surface area contributed by atoms with Crippen molar-refractivity contribution in [3.8, 4) is 5.75 Å². The number of rotatable bonds is 9.